The van der Waals surface area contributed by atoms with Gasteiger partial charge in [0, 0.05) is 25.8 Å². The van der Waals surface area contributed by atoms with Gasteiger partial charge in [-0.25, -0.2) is 4.79 Å². The minimum absolute atomic E-state index is 0.143. The predicted octanol–water partition coefficient (Wildman–Crippen LogP) is 4.22. The van der Waals surface area contributed by atoms with E-state index in [0.29, 0.717) is 5.92 Å². The summed E-state index contributed by atoms with van der Waals surface area (Å²) >= 11 is 0. The highest BCUT2D eigenvalue weighted by Gasteiger charge is 2.56. The van der Waals surface area contributed by atoms with Crippen LogP contribution in [-0.2, 0) is 11.3 Å². The van der Waals surface area contributed by atoms with E-state index in [4.69, 9.17) is 4.74 Å². The number of carbonyl (C=O) groups excluding carboxylic acids is 2. The largest absolute Gasteiger partial charge is 0.457 e. The van der Waals surface area contributed by atoms with Crippen LogP contribution in [0.15, 0.2) is 78.9 Å². The van der Waals surface area contributed by atoms with Gasteiger partial charge in [-0.1, -0.05) is 55.0 Å². The zero-order valence-electron chi connectivity index (χ0n) is 21.9. The molecule has 8 nitrogen and oxygen atoms in total. The highest BCUT2D eigenvalue weighted by Crippen LogP contribution is 2.35. The van der Waals surface area contributed by atoms with E-state index < -0.39 is 6.04 Å². The van der Waals surface area contributed by atoms with Crippen molar-refractivity contribution in [1.29, 1.82) is 0 Å². The maximum Gasteiger partial charge on any atom is 0.328 e. The second-order valence-corrected chi connectivity index (χ2v) is 10.6. The van der Waals surface area contributed by atoms with Crippen molar-refractivity contribution in [3.63, 3.8) is 0 Å². The first-order valence-corrected chi connectivity index (χ1v) is 13.1. The number of ether oxygens (including phenoxy) is 1. The number of hydrogen-bond donors (Lipinski definition) is 1. The fraction of sp³-hybridized carbons (Fsp3) is 0.333. The van der Waals surface area contributed by atoms with Crippen molar-refractivity contribution in [1.82, 2.24) is 20.0 Å². The highest BCUT2D eigenvalue weighted by atomic mass is 16.5. The number of benzene rings is 3. The van der Waals surface area contributed by atoms with Gasteiger partial charge in [-0.3, -0.25) is 19.9 Å². The number of rotatable bonds is 5. The second-order valence-electron chi connectivity index (χ2n) is 10.6. The number of anilines is 1. The Kier molecular flexibility index (Phi) is 6.29. The lowest BCUT2D eigenvalue weighted by Crippen LogP contribution is -2.66. The molecule has 3 saturated heterocycles. The lowest BCUT2D eigenvalue weighted by molar-refractivity contribution is -0.139. The quantitative estimate of drug-likeness (QED) is 0.553. The Morgan fingerprint density at radius 2 is 1.66 bits per heavy atom. The first kappa shape index (κ1) is 24.5. The minimum atomic E-state index is -0.446. The highest BCUT2D eigenvalue weighted by molar-refractivity contribution is 6.00. The molecule has 196 valence electrons. The summed E-state index contributed by atoms with van der Waals surface area (Å²) in [6.45, 7) is 6.10. The van der Waals surface area contributed by atoms with Crippen LogP contribution in [0.25, 0.3) is 0 Å². The van der Waals surface area contributed by atoms with E-state index >= 15 is 0 Å². The Morgan fingerprint density at radius 3 is 2.39 bits per heavy atom. The first-order valence-electron chi connectivity index (χ1n) is 13.1. The number of aryl methyl sites for hydroxylation is 1. The van der Waals surface area contributed by atoms with Crippen molar-refractivity contribution in [3.8, 4) is 11.5 Å². The molecule has 4 atom stereocenters. The van der Waals surface area contributed by atoms with Gasteiger partial charge in [0.05, 0.1) is 6.54 Å². The Hall–Kier alpha value is -3.88. The lowest BCUT2D eigenvalue weighted by atomic mass is 10.0. The van der Waals surface area contributed by atoms with Gasteiger partial charge >= 0.3 is 6.03 Å². The summed E-state index contributed by atoms with van der Waals surface area (Å²) < 4.78 is 5.97. The number of nitrogens with zero attached hydrogens (tertiary/aromatic N) is 4. The Morgan fingerprint density at radius 1 is 0.921 bits per heavy atom. The summed E-state index contributed by atoms with van der Waals surface area (Å²) in [5.74, 6) is 1.76. The van der Waals surface area contributed by atoms with E-state index in [1.165, 1.54) is 4.90 Å². The Bertz CT molecular complexity index is 1330. The molecule has 3 aromatic rings. The zero-order valence-corrected chi connectivity index (χ0v) is 21.9. The average molecular weight is 512 g/mol. The summed E-state index contributed by atoms with van der Waals surface area (Å²) in [6, 6.07) is 25.0. The van der Waals surface area contributed by atoms with Crippen LogP contribution >= 0.6 is 0 Å². The number of imide groups is 1. The number of amides is 3. The molecule has 0 aromatic heterocycles. The van der Waals surface area contributed by atoms with Gasteiger partial charge in [0.2, 0.25) is 0 Å². The summed E-state index contributed by atoms with van der Waals surface area (Å²) in [4.78, 5) is 34.8. The van der Waals surface area contributed by atoms with Crippen LogP contribution in [0.5, 0.6) is 11.5 Å². The van der Waals surface area contributed by atoms with Gasteiger partial charge < -0.3 is 14.5 Å². The summed E-state index contributed by atoms with van der Waals surface area (Å²) in [5, 5.41) is 3.60. The molecule has 0 spiro atoms. The molecule has 3 fully saturated rings. The van der Waals surface area contributed by atoms with Crippen LogP contribution in [0.4, 0.5) is 10.5 Å². The fourth-order valence-electron chi connectivity index (χ4n) is 5.89. The van der Waals surface area contributed by atoms with Gasteiger partial charge in [0.15, 0.2) is 0 Å². The molecule has 3 aliphatic rings. The van der Waals surface area contributed by atoms with Crippen LogP contribution in [0, 0.1) is 12.8 Å². The number of likely N-dealkylation sites (N-methyl/N-ethyl adjacent to an activating group) is 1. The second kappa shape index (κ2) is 9.78. The third-order valence-corrected chi connectivity index (χ3v) is 7.66. The van der Waals surface area contributed by atoms with Crippen molar-refractivity contribution < 1.29 is 14.3 Å². The summed E-state index contributed by atoms with van der Waals surface area (Å²) in [7, 11) is 1.78. The minimum Gasteiger partial charge on any atom is -0.457 e. The standard InChI is InChI=1S/C30H33N5O3/c1-20-8-7-9-22(16-20)19-35-28(36)26-27(32(3)30(35)37)31-29-33(17-21(2)18-34(26)29)23-12-14-25(15-13-23)38-24-10-5-4-6-11-24/h4-16,21,26-27,29,31H,17-19H2,1-3H3. The molecule has 0 saturated carbocycles. The van der Waals surface area contributed by atoms with Gasteiger partial charge in [-0.05, 0) is 54.8 Å². The number of para-hydroxylation sites is 1. The van der Waals surface area contributed by atoms with Gasteiger partial charge in [-0.2, -0.15) is 0 Å². The van der Waals surface area contributed by atoms with Gasteiger partial charge in [0.25, 0.3) is 5.91 Å². The van der Waals surface area contributed by atoms with Gasteiger partial charge in [0.1, 0.15) is 30.0 Å². The molecule has 38 heavy (non-hydrogen) atoms. The van der Waals surface area contributed by atoms with Crippen molar-refractivity contribution in [2.24, 2.45) is 5.92 Å². The van der Waals surface area contributed by atoms with E-state index in [1.54, 1.807) is 11.9 Å². The number of urea groups is 1. The van der Waals surface area contributed by atoms with Crippen molar-refractivity contribution in [2.75, 3.05) is 25.0 Å². The van der Waals surface area contributed by atoms with Crippen molar-refractivity contribution in [2.45, 2.75) is 38.9 Å². The van der Waals surface area contributed by atoms with Crippen LogP contribution in [0.3, 0.4) is 0 Å². The normalized spacial score (nSPS) is 25.4. The average Bonchev–Trinajstić information content (AvgIpc) is 3.30. The SMILES string of the molecule is Cc1cccc(CN2C(=O)C3C(NC4N(c5ccc(Oc6ccccc6)cc5)CC(C)CN34)N(C)C2=O)c1. The third kappa shape index (κ3) is 4.40. The fourth-order valence-corrected chi connectivity index (χ4v) is 5.89. The number of fused-ring (bicyclic) bond motifs is 3. The molecule has 3 amide bonds. The maximum absolute atomic E-state index is 13.8. The molecule has 6 rings (SSSR count). The molecule has 4 unspecified atom stereocenters. The smallest absolute Gasteiger partial charge is 0.328 e. The monoisotopic (exact) mass is 511 g/mol. The van der Waals surface area contributed by atoms with Crippen LogP contribution in [0.2, 0.25) is 0 Å². The van der Waals surface area contributed by atoms with Gasteiger partial charge in [-0.15, -0.1) is 0 Å². The van der Waals surface area contributed by atoms with E-state index in [0.717, 1.165) is 41.4 Å². The molecule has 3 heterocycles. The number of hydrogen-bond acceptors (Lipinski definition) is 6. The molecule has 0 bridgehead atoms. The Balaban J connectivity index is 1.24. The predicted molar refractivity (Wildman–Crippen MR) is 146 cm³/mol. The first-order chi connectivity index (χ1) is 18.4. The van der Waals surface area contributed by atoms with E-state index in [9.17, 15) is 9.59 Å². The van der Waals surface area contributed by atoms with Crippen LogP contribution in [-0.4, -0.2) is 65.3 Å². The topological polar surface area (TPSA) is 68.4 Å². The molecular formula is C30H33N5O3. The molecule has 3 aromatic carbocycles. The molecule has 8 heteroatoms. The number of nitrogens with one attached hydrogen (secondary N) is 1. The zero-order chi connectivity index (χ0) is 26.4. The summed E-state index contributed by atoms with van der Waals surface area (Å²) in [6.07, 6.45) is -0.581. The third-order valence-electron chi connectivity index (χ3n) is 7.66. The van der Waals surface area contributed by atoms with E-state index in [2.05, 4.69) is 34.2 Å². The molecule has 1 N–H and O–H groups in total. The lowest BCUT2D eigenvalue weighted by Gasteiger charge is -2.46. The number of carbonyl (C=O) groups is 2. The molecule has 0 aliphatic carbocycles. The molecular weight excluding hydrogens is 478 g/mol. The van der Waals surface area contributed by atoms with Crippen LogP contribution in [0.1, 0.15) is 18.1 Å². The van der Waals surface area contributed by atoms with Crippen LogP contribution < -0.4 is 15.0 Å². The Labute approximate surface area is 223 Å². The maximum atomic E-state index is 13.8. The van der Waals surface area contributed by atoms with E-state index in [-0.39, 0.29) is 30.9 Å². The van der Waals surface area contributed by atoms with E-state index in [1.807, 2.05) is 73.7 Å². The van der Waals surface area contributed by atoms with Crippen molar-refractivity contribution >= 4 is 17.6 Å². The summed E-state index contributed by atoms with van der Waals surface area (Å²) in [5.41, 5.74) is 3.09. The molecule has 0 radical (unpaired) electrons. The molecule has 3 aliphatic heterocycles. The van der Waals surface area contributed by atoms with Crippen molar-refractivity contribution in [3.05, 3.63) is 90.0 Å².